The van der Waals surface area contributed by atoms with E-state index in [0.717, 1.165) is 38.4 Å². The number of thiophene rings is 1. The van der Waals surface area contributed by atoms with Crippen molar-refractivity contribution in [3.8, 4) is 0 Å². The molecular formula is C17H25N3O2S. The van der Waals surface area contributed by atoms with E-state index in [9.17, 15) is 9.59 Å². The fourth-order valence-electron chi connectivity index (χ4n) is 2.93. The van der Waals surface area contributed by atoms with Gasteiger partial charge in [-0.3, -0.25) is 9.59 Å². The number of piperidine rings is 1. The first-order valence-corrected chi connectivity index (χ1v) is 9.48. The quantitative estimate of drug-likeness (QED) is 0.799. The Kier molecular flexibility index (Phi) is 5.67. The SMILES string of the molecule is O=C(NCCC(=O)N1CCC(NCC2CC2)CC1)c1ccsc1. The molecule has 23 heavy (non-hydrogen) atoms. The molecule has 126 valence electrons. The summed E-state index contributed by atoms with van der Waals surface area (Å²) in [5, 5.41) is 10.1. The van der Waals surface area contributed by atoms with Crippen molar-refractivity contribution in [1.29, 1.82) is 0 Å². The number of likely N-dealkylation sites (tertiary alicyclic amines) is 1. The van der Waals surface area contributed by atoms with Crippen LogP contribution in [0.25, 0.3) is 0 Å². The first-order chi connectivity index (χ1) is 11.2. The second kappa shape index (κ2) is 7.93. The van der Waals surface area contributed by atoms with Gasteiger partial charge in [0.05, 0.1) is 0 Å². The maximum Gasteiger partial charge on any atom is 0.252 e. The van der Waals surface area contributed by atoms with Gasteiger partial charge in [-0.05, 0) is 49.6 Å². The molecule has 1 saturated heterocycles. The number of nitrogens with one attached hydrogen (secondary N) is 2. The van der Waals surface area contributed by atoms with Crippen LogP contribution in [0.5, 0.6) is 0 Å². The maximum atomic E-state index is 12.2. The Morgan fingerprint density at radius 1 is 1.22 bits per heavy atom. The van der Waals surface area contributed by atoms with E-state index in [1.165, 1.54) is 24.2 Å². The Morgan fingerprint density at radius 3 is 2.65 bits per heavy atom. The number of rotatable bonds is 7. The lowest BCUT2D eigenvalue weighted by Gasteiger charge is -2.32. The number of hydrogen-bond donors (Lipinski definition) is 2. The molecule has 2 heterocycles. The van der Waals surface area contributed by atoms with Crippen LogP contribution < -0.4 is 10.6 Å². The number of nitrogens with zero attached hydrogens (tertiary/aromatic N) is 1. The van der Waals surface area contributed by atoms with Crippen LogP contribution in [0.1, 0.15) is 42.5 Å². The minimum absolute atomic E-state index is 0.0953. The summed E-state index contributed by atoms with van der Waals surface area (Å²) in [4.78, 5) is 25.9. The molecule has 0 atom stereocenters. The van der Waals surface area contributed by atoms with E-state index in [1.807, 2.05) is 15.7 Å². The highest BCUT2D eigenvalue weighted by molar-refractivity contribution is 7.08. The number of amides is 2. The number of hydrogen-bond acceptors (Lipinski definition) is 4. The largest absolute Gasteiger partial charge is 0.351 e. The van der Waals surface area contributed by atoms with Crippen molar-refractivity contribution in [2.75, 3.05) is 26.2 Å². The van der Waals surface area contributed by atoms with Gasteiger partial charge in [-0.2, -0.15) is 11.3 Å². The van der Waals surface area contributed by atoms with Crippen molar-refractivity contribution in [3.05, 3.63) is 22.4 Å². The summed E-state index contributed by atoms with van der Waals surface area (Å²) in [6.07, 6.45) is 5.22. The molecule has 1 aliphatic heterocycles. The Morgan fingerprint density at radius 2 is 2.00 bits per heavy atom. The van der Waals surface area contributed by atoms with E-state index in [4.69, 9.17) is 0 Å². The average molecular weight is 335 g/mol. The molecule has 1 aromatic rings. The zero-order valence-corrected chi connectivity index (χ0v) is 14.2. The lowest BCUT2D eigenvalue weighted by Crippen LogP contribution is -2.46. The zero-order chi connectivity index (χ0) is 16.1. The summed E-state index contributed by atoms with van der Waals surface area (Å²) in [7, 11) is 0. The molecule has 2 fully saturated rings. The maximum absolute atomic E-state index is 12.2. The lowest BCUT2D eigenvalue weighted by atomic mass is 10.0. The molecule has 2 amide bonds. The lowest BCUT2D eigenvalue weighted by molar-refractivity contribution is -0.132. The zero-order valence-electron chi connectivity index (χ0n) is 13.4. The predicted octanol–water partition coefficient (Wildman–Crippen LogP) is 1.86. The van der Waals surface area contributed by atoms with E-state index >= 15 is 0 Å². The van der Waals surface area contributed by atoms with E-state index < -0.39 is 0 Å². The van der Waals surface area contributed by atoms with Crippen LogP contribution in [-0.4, -0.2) is 48.9 Å². The summed E-state index contributed by atoms with van der Waals surface area (Å²) >= 11 is 1.50. The Hall–Kier alpha value is -1.40. The van der Waals surface area contributed by atoms with Gasteiger partial charge in [-0.15, -0.1) is 0 Å². The molecule has 0 spiro atoms. The summed E-state index contributed by atoms with van der Waals surface area (Å²) < 4.78 is 0. The van der Waals surface area contributed by atoms with E-state index in [0.29, 0.717) is 24.6 Å². The van der Waals surface area contributed by atoms with Gasteiger partial charge < -0.3 is 15.5 Å². The van der Waals surface area contributed by atoms with Gasteiger partial charge in [0.2, 0.25) is 5.91 Å². The molecule has 0 aromatic carbocycles. The Balaban J connectivity index is 1.30. The minimum atomic E-state index is -0.0953. The van der Waals surface area contributed by atoms with Gasteiger partial charge in [0.25, 0.3) is 5.91 Å². The third kappa shape index (κ3) is 5.04. The highest BCUT2D eigenvalue weighted by Gasteiger charge is 2.25. The van der Waals surface area contributed by atoms with E-state index in [-0.39, 0.29) is 11.8 Å². The van der Waals surface area contributed by atoms with Crippen molar-refractivity contribution in [2.24, 2.45) is 5.92 Å². The minimum Gasteiger partial charge on any atom is -0.351 e. The first kappa shape index (κ1) is 16.5. The van der Waals surface area contributed by atoms with Crippen LogP contribution in [0.3, 0.4) is 0 Å². The molecule has 2 aliphatic rings. The Labute approximate surface area is 141 Å². The van der Waals surface area contributed by atoms with Gasteiger partial charge in [-0.1, -0.05) is 0 Å². The predicted molar refractivity (Wildman–Crippen MR) is 91.6 cm³/mol. The Bertz CT molecular complexity index is 520. The number of carbonyl (C=O) groups excluding carboxylic acids is 2. The fourth-order valence-corrected chi connectivity index (χ4v) is 3.56. The van der Waals surface area contributed by atoms with Crippen LogP contribution in [0.4, 0.5) is 0 Å². The molecule has 3 rings (SSSR count). The molecular weight excluding hydrogens is 310 g/mol. The topological polar surface area (TPSA) is 61.4 Å². The third-order valence-corrected chi connectivity index (χ3v) is 5.33. The van der Waals surface area contributed by atoms with Gasteiger partial charge in [0, 0.05) is 43.0 Å². The average Bonchev–Trinajstić information content (AvgIpc) is 3.24. The summed E-state index contributed by atoms with van der Waals surface area (Å²) in [5.41, 5.74) is 0.671. The highest BCUT2D eigenvalue weighted by Crippen LogP contribution is 2.28. The second-order valence-corrected chi connectivity index (χ2v) is 7.30. The molecule has 0 bridgehead atoms. The van der Waals surface area contributed by atoms with Crippen LogP contribution in [0.2, 0.25) is 0 Å². The van der Waals surface area contributed by atoms with Gasteiger partial charge in [0.1, 0.15) is 0 Å². The molecule has 0 radical (unpaired) electrons. The van der Waals surface area contributed by atoms with Crippen molar-refractivity contribution < 1.29 is 9.59 Å². The molecule has 6 heteroatoms. The summed E-state index contributed by atoms with van der Waals surface area (Å²) in [6, 6.07) is 2.36. The van der Waals surface area contributed by atoms with Crippen molar-refractivity contribution in [1.82, 2.24) is 15.5 Å². The fraction of sp³-hybridized carbons (Fsp3) is 0.647. The third-order valence-electron chi connectivity index (χ3n) is 4.65. The molecule has 1 aromatic heterocycles. The monoisotopic (exact) mass is 335 g/mol. The molecule has 1 aliphatic carbocycles. The smallest absolute Gasteiger partial charge is 0.252 e. The normalized spacial score (nSPS) is 18.9. The van der Waals surface area contributed by atoms with Gasteiger partial charge in [0.15, 0.2) is 0 Å². The molecule has 5 nitrogen and oxygen atoms in total. The van der Waals surface area contributed by atoms with E-state index in [1.54, 1.807) is 6.07 Å². The van der Waals surface area contributed by atoms with Crippen molar-refractivity contribution in [2.45, 2.75) is 38.1 Å². The van der Waals surface area contributed by atoms with Gasteiger partial charge >= 0.3 is 0 Å². The second-order valence-electron chi connectivity index (χ2n) is 6.52. The van der Waals surface area contributed by atoms with Crippen molar-refractivity contribution >= 4 is 23.2 Å². The van der Waals surface area contributed by atoms with Crippen LogP contribution in [-0.2, 0) is 4.79 Å². The molecule has 0 unspecified atom stereocenters. The van der Waals surface area contributed by atoms with Crippen LogP contribution >= 0.6 is 11.3 Å². The van der Waals surface area contributed by atoms with Gasteiger partial charge in [-0.25, -0.2) is 0 Å². The first-order valence-electron chi connectivity index (χ1n) is 8.54. The standard InChI is InChI=1S/C17H25N3O2S/c21-16(3-7-18-17(22)14-6-10-23-12-14)20-8-4-15(5-9-20)19-11-13-1-2-13/h6,10,12-13,15,19H,1-5,7-9,11H2,(H,18,22). The van der Waals surface area contributed by atoms with E-state index in [2.05, 4.69) is 10.6 Å². The van der Waals surface area contributed by atoms with Crippen LogP contribution in [0.15, 0.2) is 16.8 Å². The summed E-state index contributed by atoms with van der Waals surface area (Å²) in [5.74, 6) is 0.958. The summed E-state index contributed by atoms with van der Waals surface area (Å²) in [6.45, 7) is 3.22. The van der Waals surface area contributed by atoms with Crippen molar-refractivity contribution in [3.63, 3.8) is 0 Å². The van der Waals surface area contributed by atoms with Crippen LogP contribution in [0, 0.1) is 5.92 Å². The number of carbonyl (C=O) groups is 2. The molecule has 2 N–H and O–H groups in total. The highest BCUT2D eigenvalue weighted by atomic mass is 32.1. The molecule has 1 saturated carbocycles.